The second-order valence-electron chi connectivity index (χ2n) is 5.42. The summed E-state index contributed by atoms with van der Waals surface area (Å²) in [6.07, 6.45) is -3.18. The Morgan fingerprint density at radius 2 is 1.77 bits per heavy atom. The summed E-state index contributed by atoms with van der Waals surface area (Å²) in [5, 5.41) is 13.6. The Morgan fingerprint density at radius 3 is 2.50 bits per heavy atom. The number of nitrogens with one attached hydrogen (secondary N) is 2. The van der Waals surface area contributed by atoms with Crippen molar-refractivity contribution in [2.45, 2.75) is 13.1 Å². The van der Waals surface area contributed by atoms with E-state index in [0.717, 1.165) is 23.4 Å². The van der Waals surface area contributed by atoms with E-state index in [1.807, 2.05) is 31.2 Å². The van der Waals surface area contributed by atoms with Gasteiger partial charge in [0.2, 0.25) is 5.95 Å². The largest absolute Gasteiger partial charge is 0.416 e. The first kappa shape index (κ1) is 17.9. The van der Waals surface area contributed by atoms with Gasteiger partial charge in [-0.05, 0) is 36.8 Å². The van der Waals surface area contributed by atoms with E-state index in [-0.39, 0.29) is 22.5 Å². The molecule has 2 N–H and O–H groups in total. The van der Waals surface area contributed by atoms with Crippen LogP contribution in [0, 0.1) is 6.92 Å². The second kappa shape index (κ2) is 7.17. The molecule has 1 heterocycles. The van der Waals surface area contributed by atoms with E-state index < -0.39 is 11.7 Å². The van der Waals surface area contributed by atoms with Gasteiger partial charge in [0.1, 0.15) is 0 Å². The molecule has 0 amide bonds. The topological polar surface area (TPSA) is 62.7 Å². The molecule has 1 aromatic heterocycles. The molecule has 5 nitrogen and oxygen atoms in total. The number of nitrogens with zero attached hydrogens (tertiary/aromatic N) is 3. The number of benzene rings is 2. The lowest BCUT2D eigenvalue weighted by Crippen LogP contribution is -2.07. The number of halogens is 4. The monoisotopic (exact) mass is 379 g/mol. The molecule has 0 atom stereocenters. The number of aromatic nitrogens is 3. The van der Waals surface area contributed by atoms with E-state index in [0.29, 0.717) is 0 Å². The summed E-state index contributed by atoms with van der Waals surface area (Å²) in [5.41, 5.74) is 1.03. The standard InChI is InChI=1S/C17H13ClF3N5/c1-10-4-2-3-5-13(10)24-16-25-15(9-22-26-16)23-14-8-11(17(19,20)21)6-7-12(14)18/h2-9H,1H3,(H2,23,24,25,26). The molecule has 0 saturated carbocycles. The quantitative estimate of drug-likeness (QED) is 0.640. The van der Waals surface area contributed by atoms with Gasteiger partial charge in [-0.3, -0.25) is 0 Å². The highest BCUT2D eigenvalue weighted by Crippen LogP contribution is 2.34. The third-order valence-electron chi connectivity index (χ3n) is 3.51. The summed E-state index contributed by atoms with van der Waals surface area (Å²) < 4.78 is 38.6. The molecule has 0 radical (unpaired) electrons. The second-order valence-corrected chi connectivity index (χ2v) is 5.83. The maximum absolute atomic E-state index is 12.9. The highest BCUT2D eigenvalue weighted by molar-refractivity contribution is 6.33. The van der Waals surface area contributed by atoms with Crippen molar-refractivity contribution in [3.63, 3.8) is 0 Å². The van der Waals surface area contributed by atoms with Gasteiger partial charge in [-0.1, -0.05) is 29.8 Å². The van der Waals surface area contributed by atoms with Crippen LogP contribution in [-0.2, 0) is 6.18 Å². The van der Waals surface area contributed by atoms with Crippen LogP contribution in [0.3, 0.4) is 0 Å². The Balaban J connectivity index is 1.84. The van der Waals surface area contributed by atoms with Crippen LogP contribution in [-0.4, -0.2) is 15.2 Å². The van der Waals surface area contributed by atoms with Crippen molar-refractivity contribution in [2.75, 3.05) is 10.6 Å². The van der Waals surface area contributed by atoms with Crippen LogP contribution in [0.4, 0.5) is 36.3 Å². The summed E-state index contributed by atoms with van der Waals surface area (Å²) >= 11 is 5.98. The Labute approximate surface area is 152 Å². The van der Waals surface area contributed by atoms with Crippen molar-refractivity contribution in [1.29, 1.82) is 0 Å². The number of alkyl halides is 3. The zero-order valence-corrected chi connectivity index (χ0v) is 14.2. The van der Waals surface area contributed by atoms with E-state index in [4.69, 9.17) is 11.6 Å². The lowest BCUT2D eigenvalue weighted by atomic mass is 10.2. The van der Waals surface area contributed by atoms with Crippen LogP contribution in [0.2, 0.25) is 5.02 Å². The number of para-hydroxylation sites is 1. The summed E-state index contributed by atoms with van der Waals surface area (Å²) in [6, 6.07) is 10.5. The summed E-state index contributed by atoms with van der Waals surface area (Å²) in [4.78, 5) is 4.20. The van der Waals surface area contributed by atoms with Crippen molar-refractivity contribution < 1.29 is 13.2 Å². The van der Waals surface area contributed by atoms with Gasteiger partial charge in [0.15, 0.2) is 5.82 Å². The zero-order valence-electron chi connectivity index (χ0n) is 13.5. The van der Waals surface area contributed by atoms with Crippen molar-refractivity contribution in [2.24, 2.45) is 0 Å². The summed E-state index contributed by atoms with van der Waals surface area (Å²) in [5.74, 6) is 0.407. The molecule has 26 heavy (non-hydrogen) atoms. The SMILES string of the molecule is Cc1ccccc1Nc1nncc(Nc2cc(C(F)(F)F)ccc2Cl)n1. The molecular weight excluding hydrogens is 367 g/mol. The van der Waals surface area contributed by atoms with Crippen LogP contribution >= 0.6 is 11.6 Å². The van der Waals surface area contributed by atoms with Crippen molar-refractivity contribution in [3.05, 3.63) is 64.8 Å². The third-order valence-corrected chi connectivity index (χ3v) is 3.84. The predicted molar refractivity (Wildman–Crippen MR) is 94.0 cm³/mol. The molecule has 9 heteroatoms. The lowest BCUT2D eigenvalue weighted by Gasteiger charge is -2.12. The molecule has 0 aliphatic heterocycles. The van der Waals surface area contributed by atoms with E-state index >= 15 is 0 Å². The molecule has 134 valence electrons. The van der Waals surface area contributed by atoms with E-state index in [1.54, 1.807) is 0 Å². The fourth-order valence-corrected chi connectivity index (χ4v) is 2.35. The first-order valence-corrected chi connectivity index (χ1v) is 7.87. The molecule has 0 bridgehead atoms. The van der Waals surface area contributed by atoms with Crippen molar-refractivity contribution in [3.8, 4) is 0 Å². The van der Waals surface area contributed by atoms with Crippen LogP contribution < -0.4 is 10.6 Å². The molecular formula is C17H13ClF3N5. The number of anilines is 4. The molecule has 2 aromatic carbocycles. The fourth-order valence-electron chi connectivity index (χ4n) is 2.19. The molecule has 3 rings (SSSR count). The maximum atomic E-state index is 12.9. The predicted octanol–water partition coefficient (Wildman–Crippen LogP) is 5.34. The van der Waals surface area contributed by atoms with E-state index in [2.05, 4.69) is 25.8 Å². The number of rotatable bonds is 4. The Kier molecular flexibility index (Phi) is 4.94. The lowest BCUT2D eigenvalue weighted by molar-refractivity contribution is -0.137. The Hall–Kier alpha value is -2.87. The molecule has 0 spiro atoms. The molecule has 3 aromatic rings. The van der Waals surface area contributed by atoms with E-state index in [9.17, 15) is 13.2 Å². The average molecular weight is 380 g/mol. The molecule has 0 aliphatic rings. The minimum absolute atomic E-state index is 0.0730. The van der Waals surface area contributed by atoms with E-state index in [1.165, 1.54) is 12.3 Å². The molecule has 0 saturated heterocycles. The number of aryl methyl sites for hydroxylation is 1. The van der Waals surface area contributed by atoms with Crippen LogP contribution in [0.1, 0.15) is 11.1 Å². The fraction of sp³-hybridized carbons (Fsp3) is 0.118. The Bertz CT molecular complexity index is 930. The zero-order chi connectivity index (χ0) is 18.7. The first-order chi connectivity index (χ1) is 12.3. The summed E-state index contributed by atoms with van der Waals surface area (Å²) in [6.45, 7) is 1.92. The van der Waals surface area contributed by atoms with Crippen LogP contribution in [0.15, 0.2) is 48.7 Å². The van der Waals surface area contributed by atoms with Gasteiger partial charge in [-0.25, -0.2) is 0 Å². The minimum Gasteiger partial charge on any atom is -0.338 e. The van der Waals surface area contributed by atoms with Gasteiger partial charge in [-0.2, -0.15) is 23.3 Å². The number of hydrogen-bond acceptors (Lipinski definition) is 5. The van der Waals surface area contributed by atoms with Crippen molar-refractivity contribution >= 4 is 34.7 Å². The maximum Gasteiger partial charge on any atom is 0.416 e. The minimum atomic E-state index is -4.47. The first-order valence-electron chi connectivity index (χ1n) is 7.49. The average Bonchev–Trinajstić information content (AvgIpc) is 2.58. The highest BCUT2D eigenvalue weighted by Gasteiger charge is 2.31. The highest BCUT2D eigenvalue weighted by atomic mass is 35.5. The van der Waals surface area contributed by atoms with Gasteiger partial charge in [0.05, 0.1) is 22.5 Å². The molecule has 0 fully saturated rings. The third kappa shape index (κ3) is 4.20. The molecule has 0 unspecified atom stereocenters. The van der Waals surface area contributed by atoms with Crippen LogP contribution in [0.25, 0.3) is 0 Å². The molecule has 0 aliphatic carbocycles. The van der Waals surface area contributed by atoms with Gasteiger partial charge in [0, 0.05) is 5.69 Å². The number of hydrogen-bond donors (Lipinski definition) is 2. The van der Waals surface area contributed by atoms with Crippen LogP contribution in [0.5, 0.6) is 0 Å². The van der Waals surface area contributed by atoms with Gasteiger partial charge >= 0.3 is 6.18 Å². The Morgan fingerprint density at radius 1 is 1.00 bits per heavy atom. The van der Waals surface area contributed by atoms with Gasteiger partial charge < -0.3 is 10.6 Å². The van der Waals surface area contributed by atoms with Gasteiger partial charge in [0.25, 0.3) is 0 Å². The smallest absolute Gasteiger partial charge is 0.338 e. The van der Waals surface area contributed by atoms with Gasteiger partial charge in [-0.15, -0.1) is 5.10 Å². The summed E-state index contributed by atoms with van der Waals surface area (Å²) in [7, 11) is 0. The normalized spacial score (nSPS) is 11.3. The van der Waals surface area contributed by atoms with Crippen molar-refractivity contribution in [1.82, 2.24) is 15.2 Å².